The zero-order chi connectivity index (χ0) is 9.10. The maximum absolute atomic E-state index is 5.47. The van der Waals surface area contributed by atoms with Crippen LogP contribution >= 0.6 is 23.5 Å². The summed E-state index contributed by atoms with van der Waals surface area (Å²) < 4.78 is 10.8. The molecule has 1 atom stereocenters. The normalized spacial score (nSPS) is 28.2. The Kier molecular flexibility index (Phi) is 3.11. The Morgan fingerprint density at radius 2 is 2.46 bits per heavy atom. The van der Waals surface area contributed by atoms with Gasteiger partial charge in [0, 0.05) is 16.1 Å². The number of ether oxygens (including phenoxy) is 2. The molecule has 0 radical (unpaired) electrons. The first-order valence-electron chi connectivity index (χ1n) is 4.26. The zero-order valence-electron chi connectivity index (χ0n) is 7.49. The van der Waals surface area contributed by atoms with Crippen LogP contribution in [0.1, 0.15) is 6.92 Å². The molecule has 0 bridgehead atoms. The van der Waals surface area contributed by atoms with Gasteiger partial charge >= 0.3 is 0 Å². The van der Waals surface area contributed by atoms with Crippen LogP contribution in [0.4, 0.5) is 0 Å². The third-order valence-electron chi connectivity index (χ3n) is 1.85. The summed E-state index contributed by atoms with van der Waals surface area (Å²) in [5.41, 5.74) is 0. The molecule has 0 saturated carbocycles. The number of allylic oxidation sites excluding steroid dienone is 1. The molecule has 0 amide bonds. The van der Waals surface area contributed by atoms with Crippen molar-refractivity contribution in [2.75, 3.05) is 19.0 Å². The minimum atomic E-state index is 0.439. The van der Waals surface area contributed by atoms with E-state index in [1.165, 1.54) is 4.91 Å². The van der Waals surface area contributed by atoms with Crippen molar-refractivity contribution in [2.24, 2.45) is 0 Å². The highest BCUT2D eigenvalue weighted by molar-refractivity contribution is 8.07. The number of hydrogen-bond donors (Lipinski definition) is 0. The van der Waals surface area contributed by atoms with Gasteiger partial charge in [-0.1, -0.05) is 0 Å². The minimum absolute atomic E-state index is 0.439. The molecule has 13 heavy (non-hydrogen) atoms. The van der Waals surface area contributed by atoms with Gasteiger partial charge in [0.2, 0.25) is 0 Å². The van der Waals surface area contributed by atoms with E-state index in [1.807, 2.05) is 36.7 Å². The molecular weight excluding hydrogens is 204 g/mol. The standard InChI is InChI=1S/C9H12O2S2/c1-7-6-13-9(5-11-7)8-4-10-2-3-12-8/h4,6,9H,2-3,5H2,1H3/t9-/m0/s1. The lowest BCUT2D eigenvalue weighted by Gasteiger charge is -2.24. The van der Waals surface area contributed by atoms with Gasteiger partial charge in [0.1, 0.15) is 6.61 Å². The number of rotatable bonds is 1. The molecule has 0 aromatic carbocycles. The smallest absolute Gasteiger partial charge is 0.105 e. The van der Waals surface area contributed by atoms with E-state index < -0.39 is 0 Å². The third kappa shape index (κ3) is 2.38. The van der Waals surface area contributed by atoms with Crippen LogP contribution in [-0.2, 0) is 9.47 Å². The van der Waals surface area contributed by atoms with Crippen LogP contribution in [0.3, 0.4) is 0 Å². The topological polar surface area (TPSA) is 18.5 Å². The first-order chi connectivity index (χ1) is 6.36. The second kappa shape index (κ2) is 4.33. The third-order valence-corrected chi connectivity index (χ3v) is 4.27. The van der Waals surface area contributed by atoms with Crippen molar-refractivity contribution in [3.8, 4) is 0 Å². The van der Waals surface area contributed by atoms with Crippen LogP contribution < -0.4 is 0 Å². The SMILES string of the molecule is CC1=CS[C@H](C2=COCCS2)CO1. The average Bonchev–Trinajstić information content (AvgIpc) is 2.20. The van der Waals surface area contributed by atoms with Crippen molar-refractivity contribution in [1.82, 2.24) is 0 Å². The first kappa shape index (κ1) is 9.34. The molecule has 0 fully saturated rings. The van der Waals surface area contributed by atoms with E-state index in [2.05, 4.69) is 5.41 Å². The lowest BCUT2D eigenvalue weighted by molar-refractivity contribution is 0.216. The van der Waals surface area contributed by atoms with Crippen molar-refractivity contribution < 1.29 is 9.47 Å². The molecule has 0 N–H and O–H groups in total. The molecule has 4 heteroatoms. The summed E-state index contributed by atoms with van der Waals surface area (Å²) in [6.45, 7) is 3.60. The highest BCUT2D eigenvalue weighted by atomic mass is 32.2. The Hall–Kier alpha value is -0.220. The van der Waals surface area contributed by atoms with E-state index in [1.54, 1.807) is 0 Å². The molecule has 2 heterocycles. The highest BCUT2D eigenvalue weighted by Gasteiger charge is 2.21. The quantitative estimate of drug-likeness (QED) is 0.670. The molecule has 2 nitrogen and oxygen atoms in total. The summed E-state index contributed by atoms with van der Waals surface area (Å²) in [7, 11) is 0. The highest BCUT2D eigenvalue weighted by Crippen LogP contribution is 2.34. The van der Waals surface area contributed by atoms with Crippen molar-refractivity contribution in [3.63, 3.8) is 0 Å². The largest absolute Gasteiger partial charge is 0.499 e. The molecule has 0 aromatic heterocycles. The summed E-state index contributed by atoms with van der Waals surface area (Å²) >= 11 is 3.70. The molecule has 0 aliphatic carbocycles. The summed E-state index contributed by atoms with van der Waals surface area (Å²) in [6, 6.07) is 0. The van der Waals surface area contributed by atoms with E-state index in [0.29, 0.717) is 5.25 Å². The lowest BCUT2D eigenvalue weighted by atomic mass is 10.4. The van der Waals surface area contributed by atoms with Gasteiger partial charge in [-0.25, -0.2) is 0 Å². The minimum Gasteiger partial charge on any atom is -0.499 e. The van der Waals surface area contributed by atoms with E-state index in [9.17, 15) is 0 Å². The van der Waals surface area contributed by atoms with Crippen molar-refractivity contribution in [3.05, 3.63) is 22.3 Å². The predicted octanol–water partition coefficient (Wildman–Crippen LogP) is 2.58. The molecule has 2 rings (SSSR count). The van der Waals surface area contributed by atoms with Crippen LogP contribution in [0.2, 0.25) is 0 Å². The van der Waals surface area contributed by atoms with Crippen LogP contribution in [0.15, 0.2) is 22.3 Å². The van der Waals surface area contributed by atoms with E-state index >= 15 is 0 Å². The maximum atomic E-state index is 5.47. The van der Waals surface area contributed by atoms with Crippen LogP contribution in [0, 0.1) is 0 Å². The fourth-order valence-corrected chi connectivity index (χ4v) is 3.10. The lowest BCUT2D eigenvalue weighted by Crippen LogP contribution is -2.18. The summed E-state index contributed by atoms with van der Waals surface area (Å²) in [4.78, 5) is 1.31. The average molecular weight is 216 g/mol. The second-order valence-corrected chi connectivity index (χ2v) is 5.15. The summed E-state index contributed by atoms with van der Waals surface area (Å²) in [5.74, 6) is 2.08. The molecule has 2 aliphatic heterocycles. The van der Waals surface area contributed by atoms with Gasteiger partial charge in [-0.05, 0) is 6.92 Å². The fraction of sp³-hybridized carbons (Fsp3) is 0.556. The molecular formula is C9H12O2S2. The summed E-state index contributed by atoms with van der Waals surface area (Å²) in [5, 5.41) is 2.51. The number of hydrogen-bond acceptors (Lipinski definition) is 4. The maximum Gasteiger partial charge on any atom is 0.105 e. The Morgan fingerprint density at radius 1 is 1.54 bits per heavy atom. The Morgan fingerprint density at radius 3 is 3.08 bits per heavy atom. The first-order valence-corrected chi connectivity index (χ1v) is 6.18. The van der Waals surface area contributed by atoms with Gasteiger partial charge in [-0.2, -0.15) is 0 Å². The molecule has 0 aromatic rings. The van der Waals surface area contributed by atoms with Gasteiger partial charge < -0.3 is 9.47 Å². The molecule has 0 saturated heterocycles. The van der Waals surface area contributed by atoms with Crippen molar-refractivity contribution in [2.45, 2.75) is 12.2 Å². The second-order valence-electron chi connectivity index (χ2n) is 2.90. The van der Waals surface area contributed by atoms with Gasteiger partial charge in [-0.3, -0.25) is 0 Å². The molecule has 72 valence electrons. The van der Waals surface area contributed by atoms with Gasteiger partial charge in [-0.15, -0.1) is 23.5 Å². The molecule has 2 aliphatic rings. The van der Waals surface area contributed by atoms with E-state index in [0.717, 1.165) is 24.7 Å². The van der Waals surface area contributed by atoms with Gasteiger partial charge in [0.25, 0.3) is 0 Å². The van der Waals surface area contributed by atoms with Crippen LogP contribution in [0.25, 0.3) is 0 Å². The van der Waals surface area contributed by atoms with Crippen molar-refractivity contribution in [1.29, 1.82) is 0 Å². The Bertz CT molecular complexity index is 248. The molecule has 0 unspecified atom stereocenters. The van der Waals surface area contributed by atoms with Crippen molar-refractivity contribution >= 4 is 23.5 Å². The monoisotopic (exact) mass is 216 g/mol. The van der Waals surface area contributed by atoms with Crippen LogP contribution in [-0.4, -0.2) is 24.2 Å². The zero-order valence-corrected chi connectivity index (χ0v) is 9.12. The predicted molar refractivity (Wildman–Crippen MR) is 57.6 cm³/mol. The number of thioether (sulfide) groups is 2. The summed E-state index contributed by atoms with van der Waals surface area (Å²) in [6.07, 6.45) is 1.88. The molecule has 0 spiro atoms. The van der Waals surface area contributed by atoms with Gasteiger partial charge in [0.05, 0.1) is 23.9 Å². The fourth-order valence-electron chi connectivity index (χ4n) is 1.16. The van der Waals surface area contributed by atoms with Gasteiger partial charge in [0.15, 0.2) is 0 Å². The van der Waals surface area contributed by atoms with E-state index in [4.69, 9.17) is 9.47 Å². The Balaban J connectivity index is 1.98. The Labute approximate surface area is 86.7 Å². The van der Waals surface area contributed by atoms with Crippen LogP contribution in [0.5, 0.6) is 0 Å². The van der Waals surface area contributed by atoms with E-state index in [-0.39, 0.29) is 0 Å².